The van der Waals surface area contributed by atoms with Crippen LogP contribution in [-0.2, 0) is 0 Å². The summed E-state index contributed by atoms with van der Waals surface area (Å²) in [6.07, 6.45) is 0. The van der Waals surface area contributed by atoms with Crippen molar-refractivity contribution in [2.24, 2.45) is 0 Å². The number of nitrogens with zero attached hydrogens (tertiary/aromatic N) is 2. The highest BCUT2D eigenvalue weighted by Gasteiger charge is 2.16. The lowest BCUT2D eigenvalue weighted by atomic mass is 10.1. The topological polar surface area (TPSA) is 46.9 Å². The molecule has 4 heteroatoms. The first kappa shape index (κ1) is 15.5. The number of hydrogen-bond donors (Lipinski definition) is 1. The van der Waals surface area contributed by atoms with Crippen molar-refractivity contribution in [3.63, 3.8) is 0 Å². The van der Waals surface area contributed by atoms with Crippen molar-refractivity contribution in [1.82, 2.24) is 14.9 Å². The molecule has 4 nitrogen and oxygen atoms in total. The summed E-state index contributed by atoms with van der Waals surface area (Å²) in [5, 5.41) is 6.08. The fraction of sp³-hybridized carbons (Fsp3) is 0.143. The molecule has 1 unspecified atom stereocenters. The Morgan fingerprint density at radius 2 is 1.68 bits per heavy atom. The zero-order valence-electron chi connectivity index (χ0n) is 14.2. The zero-order chi connectivity index (χ0) is 17.4. The lowest BCUT2D eigenvalue weighted by Gasteiger charge is -2.18. The Balaban J connectivity index is 2.07. The minimum atomic E-state index is -0.0521. The fourth-order valence-electron chi connectivity index (χ4n) is 3.13. The molecule has 1 atom stereocenters. The number of fused-ring (bicyclic) bond motifs is 2. The van der Waals surface area contributed by atoms with E-state index < -0.39 is 0 Å². The van der Waals surface area contributed by atoms with Gasteiger partial charge in [-0.25, -0.2) is 4.98 Å². The molecule has 0 aliphatic rings. The second kappa shape index (κ2) is 6.15. The van der Waals surface area contributed by atoms with E-state index in [9.17, 15) is 4.79 Å². The molecular formula is C21H19N3O. The van der Waals surface area contributed by atoms with Crippen molar-refractivity contribution < 1.29 is 0 Å². The van der Waals surface area contributed by atoms with Crippen molar-refractivity contribution in [2.75, 3.05) is 7.05 Å². The Bertz CT molecular complexity index is 1130. The van der Waals surface area contributed by atoms with Gasteiger partial charge in [0.15, 0.2) is 0 Å². The highest BCUT2D eigenvalue weighted by molar-refractivity contribution is 5.85. The molecule has 0 aliphatic heterocycles. The van der Waals surface area contributed by atoms with Crippen molar-refractivity contribution in [3.8, 4) is 5.69 Å². The van der Waals surface area contributed by atoms with Gasteiger partial charge in [0.05, 0.1) is 22.6 Å². The van der Waals surface area contributed by atoms with E-state index in [4.69, 9.17) is 4.98 Å². The van der Waals surface area contributed by atoms with Crippen LogP contribution >= 0.6 is 0 Å². The maximum Gasteiger partial charge on any atom is 0.266 e. The maximum absolute atomic E-state index is 13.2. The van der Waals surface area contributed by atoms with Crippen LogP contribution in [0.25, 0.3) is 27.4 Å². The molecule has 0 spiro atoms. The molecular weight excluding hydrogens is 310 g/mol. The van der Waals surface area contributed by atoms with Crippen LogP contribution in [0.5, 0.6) is 0 Å². The summed E-state index contributed by atoms with van der Waals surface area (Å²) in [5.41, 5.74) is 1.51. The van der Waals surface area contributed by atoms with E-state index in [1.165, 1.54) is 0 Å². The molecule has 0 saturated carbocycles. The molecule has 0 aliphatic carbocycles. The van der Waals surface area contributed by atoms with Crippen LogP contribution in [0.3, 0.4) is 0 Å². The van der Waals surface area contributed by atoms with E-state index >= 15 is 0 Å². The predicted octanol–water partition coefficient (Wildman–Crippen LogP) is 3.82. The highest BCUT2D eigenvalue weighted by atomic mass is 16.1. The van der Waals surface area contributed by atoms with Crippen LogP contribution in [0.4, 0.5) is 0 Å². The van der Waals surface area contributed by atoms with Crippen molar-refractivity contribution in [1.29, 1.82) is 0 Å². The average Bonchev–Trinajstić information content (AvgIpc) is 2.67. The van der Waals surface area contributed by atoms with Gasteiger partial charge in [0.1, 0.15) is 5.82 Å². The third kappa shape index (κ3) is 2.61. The molecule has 0 radical (unpaired) electrons. The molecule has 25 heavy (non-hydrogen) atoms. The van der Waals surface area contributed by atoms with Crippen molar-refractivity contribution >= 4 is 21.7 Å². The lowest BCUT2D eigenvalue weighted by molar-refractivity contribution is 0.590. The van der Waals surface area contributed by atoms with Crippen LogP contribution in [0, 0.1) is 0 Å². The molecule has 0 saturated heterocycles. The van der Waals surface area contributed by atoms with E-state index in [1.54, 1.807) is 4.57 Å². The minimum absolute atomic E-state index is 0.0435. The molecule has 4 rings (SSSR count). The third-order valence-corrected chi connectivity index (χ3v) is 4.61. The van der Waals surface area contributed by atoms with Gasteiger partial charge in [-0.3, -0.25) is 9.36 Å². The Morgan fingerprint density at radius 3 is 2.48 bits per heavy atom. The number of para-hydroxylation sites is 1. The van der Waals surface area contributed by atoms with Crippen LogP contribution < -0.4 is 10.9 Å². The molecule has 124 valence electrons. The van der Waals surface area contributed by atoms with Gasteiger partial charge in [-0.2, -0.15) is 0 Å². The minimum Gasteiger partial charge on any atom is -0.311 e. The maximum atomic E-state index is 13.2. The quantitative estimate of drug-likeness (QED) is 0.621. The van der Waals surface area contributed by atoms with Crippen LogP contribution in [0.1, 0.15) is 18.8 Å². The summed E-state index contributed by atoms with van der Waals surface area (Å²) >= 11 is 0. The molecule has 0 amide bonds. The lowest BCUT2D eigenvalue weighted by Crippen LogP contribution is -2.28. The zero-order valence-corrected chi connectivity index (χ0v) is 14.2. The van der Waals surface area contributed by atoms with Gasteiger partial charge in [-0.05, 0) is 49.0 Å². The summed E-state index contributed by atoms with van der Waals surface area (Å²) in [5.74, 6) is 0.710. The smallest absolute Gasteiger partial charge is 0.266 e. The van der Waals surface area contributed by atoms with Gasteiger partial charge in [0.25, 0.3) is 5.56 Å². The van der Waals surface area contributed by atoms with Crippen LogP contribution in [0.15, 0.2) is 71.5 Å². The van der Waals surface area contributed by atoms with Crippen molar-refractivity contribution in [3.05, 3.63) is 82.9 Å². The van der Waals surface area contributed by atoms with Gasteiger partial charge in [0, 0.05) is 0 Å². The highest BCUT2D eigenvalue weighted by Crippen LogP contribution is 2.21. The average molecular weight is 329 g/mol. The molecule has 4 aromatic rings. The summed E-state index contributed by atoms with van der Waals surface area (Å²) in [4.78, 5) is 18.0. The Kier molecular flexibility index (Phi) is 3.82. The first-order valence-electron chi connectivity index (χ1n) is 8.37. The summed E-state index contributed by atoms with van der Waals surface area (Å²) in [6.45, 7) is 2.01. The van der Waals surface area contributed by atoms with Gasteiger partial charge >= 0.3 is 0 Å². The van der Waals surface area contributed by atoms with Crippen LogP contribution in [-0.4, -0.2) is 16.6 Å². The molecule has 0 fully saturated rings. The third-order valence-electron chi connectivity index (χ3n) is 4.61. The standard InChI is InChI=1S/C21H19N3O/c1-14(22-2)20-23-19-10-6-5-9-18(19)21(25)24(20)17-12-11-15-7-3-4-8-16(15)13-17/h3-14,22H,1-2H3. The first-order valence-corrected chi connectivity index (χ1v) is 8.37. The Hall–Kier alpha value is -2.98. The Labute approximate surface area is 145 Å². The number of hydrogen-bond acceptors (Lipinski definition) is 3. The van der Waals surface area contributed by atoms with Gasteiger partial charge in [0.2, 0.25) is 0 Å². The van der Waals surface area contributed by atoms with E-state index in [0.717, 1.165) is 22.0 Å². The monoisotopic (exact) mass is 329 g/mol. The number of benzene rings is 3. The number of nitrogens with one attached hydrogen (secondary N) is 1. The Morgan fingerprint density at radius 1 is 0.960 bits per heavy atom. The second-order valence-corrected chi connectivity index (χ2v) is 6.17. The molecule has 1 aromatic heterocycles. The summed E-state index contributed by atoms with van der Waals surface area (Å²) in [6, 6.07) is 21.6. The molecule has 0 bridgehead atoms. The predicted molar refractivity (Wildman–Crippen MR) is 102 cm³/mol. The fourth-order valence-corrected chi connectivity index (χ4v) is 3.13. The summed E-state index contributed by atoms with van der Waals surface area (Å²) in [7, 11) is 1.87. The SMILES string of the molecule is CNC(C)c1nc2ccccc2c(=O)n1-c1ccc2ccccc2c1. The van der Waals surface area contributed by atoms with Crippen molar-refractivity contribution in [2.45, 2.75) is 13.0 Å². The first-order chi connectivity index (χ1) is 12.2. The van der Waals surface area contributed by atoms with E-state index in [2.05, 4.69) is 17.4 Å². The van der Waals surface area contributed by atoms with Gasteiger partial charge in [-0.15, -0.1) is 0 Å². The normalized spacial score (nSPS) is 12.6. The van der Waals surface area contributed by atoms with Gasteiger partial charge < -0.3 is 5.32 Å². The van der Waals surface area contributed by atoms with E-state index in [0.29, 0.717) is 11.2 Å². The molecule has 1 heterocycles. The van der Waals surface area contributed by atoms with Crippen LogP contribution in [0.2, 0.25) is 0 Å². The number of rotatable bonds is 3. The second-order valence-electron chi connectivity index (χ2n) is 6.17. The summed E-state index contributed by atoms with van der Waals surface area (Å²) < 4.78 is 1.72. The van der Waals surface area contributed by atoms with E-state index in [1.807, 2.05) is 68.6 Å². The molecule has 3 aromatic carbocycles. The number of aromatic nitrogens is 2. The molecule has 1 N–H and O–H groups in total. The largest absolute Gasteiger partial charge is 0.311 e. The van der Waals surface area contributed by atoms with E-state index in [-0.39, 0.29) is 11.6 Å². The van der Waals surface area contributed by atoms with Gasteiger partial charge in [-0.1, -0.05) is 42.5 Å².